The van der Waals surface area contributed by atoms with Crippen molar-refractivity contribution >= 4 is 29.1 Å². The topological polar surface area (TPSA) is 76.1 Å². The maximum atomic E-state index is 12.2. The number of carbonyl (C=O) groups is 1. The number of benzene rings is 2. The van der Waals surface area contributed by atoms with Crippen LogP contribution in [0.4, 0.5) is 11.6 Å². The minimum atomic E-state index is -0.327. The highest BCUT2D eigenvalue weighted by atomic mass is 35.5. The van der Waals surface area contributed by atoms with Crippen molar-refractivity contribution in [1.82, 2.24) is 10.2 Å². The predicted molar refractivity (Wildman–Crippen MR) is 107 cm³/mol. The molecular weight excluding hydrogens is 364 g/mol. The van der Waals surface area contributed by atoms with Gasteiger partial charge in [-0.25, -0.2) is 0 Å². The van der Waals surface area contributed by atoms with Crippen molar-refractivity contribution in [2.45, 2.75) is 6.42 Å². The fourth-order valence-electron chi connectivity index (χ4n) is 2.56. The second kappa shape index (κ2) is 9.00. The van der Waals surface area contributed by atoms with E-state index in [2.05, 4.69) is 20.8 Å². The van der Waals surface area contributed by atoms with Crippen LogP contribution in [0.15, 0.2) is 60.7 Å². The van der Waals surface area contributed by atoms with Crippen LogP contribution in [0.2, 0.25) is 5.02 Å². The van der Waals surface area contributed by atoms with Crippen LogP contribution in [0.25, 0.3) is 0 Å². The number of anilines is 2. The number of amides is 1. The predicted octanol–water partition coefficient (Wildman–Crippen LogP) is 4.05. The van der Waals surface area contributed by atoms with Crippen LogP contribution >= 0.6 is 11.6 Å². The first-order valence-corrected chi connectivity index (χ1v) is 8.80. The van der Waals surface area contributed by atoms with E-state index in [4.69, 9.17) is 16.3 Å². The van der Waals surface area contributed by atoms with Gasteiger partial charge in [-0.15, -0.1) is 10.2 Å². The van der Waals surface area contributed by atoms with E-state index in [1.807, 2.05) is 24.3 Å². The molecule has 0 spiro atoms. The first-order chi connectivity index (χ1) is 13.2. The van der Waals surface area contributed by atoms with E-state index >= 15 is 0 Å². The normalized spacial score (nSPS) is 10.3. The van der Waals surface area contributed by atoms with Crippen molar-refractivity contribution < 1.29 is 9.53 Å². The molecule has 0 radical (unpaired) electrons. The van der Waals surface area contributed by atoms with Crippen LogP contribution in [0, 0.1) is 0 Å². The molecule has 3 aromatic rings. The minimum Gasteiger partial charge on any atom is -0.496 e. The Morgan fingerprint density at radius 1 is 1.00 bits per heavy atom. The van der Waals surface area contributed by atoms with Gasteiger partial charge in [0.2, 0.25) is 0 Å². The second-order valence-corrected chi connectivity index (χ2v) is 6.13. The number of hydrogen-bond donors (Lipinski definition) is 2. The summed E-state index contributed by atoms with van der Waals surface area (Å²) in [7, 11) is 1.66. The van der Waals surface area contributed by atoms with E-state index in [1.165, 1.54) is 0 Å². The van der Waals surface area contributed by atoms with Crippen LogP contribution in [-0.4, -0.2) is 29.8 Å². The Balaban J connectivity index is 1.54. The van der Waals surface area contributed by atoms with E-state index < -0.39 is 0 Å². The van der Waals surface area contributed by atoms with Crippen molar-refractivity contribution in [2.24, 2.45) is 0 Å². The van der Waals surface area contributed by atoms with E-state index in [0.717, 1.165) is 17.7 Å². The largest absolute Gasteiger partial charge is 0.496 e. The molecular formula is C20H19ClN4O2. The zero-order chi connectivity index (χ0) is 19.1. The summed E-state index contributed by atoms with van der Waals surface area (Å²) in [5.41, 5.74) is 1.50. The fourth-order valence-corrected chi connectivity index (χ4v) is 2.78. The molecule has 138 valence electrons. The standard InChI is InChI=1S/C20H19ClN4O2/c1-27-17-9-5-2-6-14(17)12-13-22-18-10-11-19(25-24-18)23-20(26)15-7-3-4-8-16(15)21/h2-11H,12-13H2,1H3,(H,22,24)(H,23,25,26). The van der Waals surface area contributed by atoms with Gasteiger partial charge in [-0.2, -0.15) is 0 Å². The lowest BCUT2D eigenvalue weighted by Gasteiger charge is -2.09. The van der Waals surface area contributed by atoms with Gasteiger partial charge in [-0.1, -0.05) is 41.9 Å². The van der Waals surface area contributed by atoms with Gasteiger partial charge >= 0.3 is 0 Å². The maximum Gasteiger partial charge on any atom is 0.258 e. The summed E-state index contributed by atoms with van der Waals surface area (Å²) in [6, 6.07) is 18.2. The van der Waals surface area contributed by atoms with Gasteiger partial charge < -0.3 is 15.4 Å². The number of ether oxygens (including phenoxy) is 1. The number of para-hydroxylation sites is 1. The van der Waals surface area contributed by atoms with Crippen LogP contribution in [0.5, 0.6) is 5.75 Å². The highest BCUT2D eigenvalue weighted by Crippen LogP contribution is 2.18. The Morgan fingerprint density at radius 3 is 2.44 bits per heavy atom. The average Bonchev–Trinajstić information content (AvgIpc) is 2.70. The summed E-state index contributed by atoms with van der Waals surface area (Å²) in [6.07, 6.45) is 0.788. The Kier molecular flexibility index (Phi) is 6.22. The molecule has 2 N–H and O–H groups in total. The zero-order valence-electron chi connectivity index (χ0n) is 14.8. The van der Waals surface area contributed by atoms with Gasteiger partial charge in [0.15, 0.2) is 5.82 Å². The number of carbonyl (C=O) groups excluding carboxylic acids is 1. The van der Waals surface area contributed by atoms with E-state index in [1.54, 1.807) is 43.5 Å². The molecule has 1 heterocycles. The van der Waals surface area contributed by atoms with Crippen LogP contribution in [-0.2, 0) is 6.42 Å². The highest BCUT2D eigenvalue weighted by Gasteiger charge is 2.10. The van der Waals surface area contributed by atoms with Crippen LogP contribution in [0.1, 0.15) is 15.9 Å². The summed E-state index contributed by atoms with van der Waals surface area (Å²) in [6.45, 7) is 0.681. The molecule has 27 heavy (non-hydrogen) atoms. The third-order valence-corrected chi connectivity index (χ3v) is 4.25. The summed E-state index contributed by atoms with van der Waals surface area (Å²) < 4.78 is 5.34. The first kappa shape index (κ1) is 18.7. The van der Waals surface area contributed by atoms with E-state index in [9.17, 15) is 4.79 Å². The Labute approximate surface area is 162 Å². The summed E-state index contributed by atoms with van der Waals surface area (Å²) >= 11 is 6.02. The lowest BCUT2D eigenvalue weighted by atomic mass is 10.1. The molecule has 0 aliphatic carbocycles. The zero-order valence-corrected chi connectivity index (χ0v) is 15.5. The number of nitrogens with one attached hydrogen (secondary N) is 2. The van der Waals surface area contributed by atoms with Crippen molar-refractivity contribution in [1.29, 1.82) is 0 Å². The number of halogens is 1. The molecule has 0 aliphatic rings. The number of hydrogen-bond acceptors (Lipinski definition) is 5. The molecule has 3 rings (SSSR count). The number of aromatic nitrogens is 2. The monoisotopic (exact) mass is 382 g/mol. The van der Waals surface area contributed by atoms with Gasteiger partial charge in [-0.3, -0.25) is 4.79 Å². The van der Waals surface area contributed by atoms with Gasteiger partial charge in [-0.05, 0) is 42.3 Å². The van der Waals surface area contributed by atoms with Crippen LogP contribution < -0.4 is 15.4 Å². The molecule has 0 bridgehead atoms. The lowest BCUT2D eigenvalue weighted by molar-refractivity contribution is 0.102. The van der Waals surface area contributed by atoms with Crippen molar-refractivity contribution in [3.05, 3.63) is 76.8 Å². The molecule has 0 saturated heterocycles. The highest BCUT2D eigenvalue weighted by molar-refractivity contribution is 6.34. The maximum absolute atomic E-state index is 12.2. The Morgan fingerprint density at radius 2 is 1.70 bits per heavy atom. The minimum absolute atomic E-state index is 0.327. The number of rotatable bonds is 7. The molecule has 0 fully saturated rings. The Hall–Kier alpha value is -3.12. The number of methoxy groups -OCH3 is 1. The summed E-state index contributed by atoms with van der Waals surface area (Å²) in [4.78, 5) is 12.2. The summed E-state index contributed by atoms with van der Waals surface area (Å²) in [5, 5.41) is 14.4. The molecule has 6 nitrogen and oxygen atoms in total. The SMILES string of the molecule is COc1ccccc1CCNc1ccc(NC(=O)c2ccccc2Cl)nn1. The number of nitrogens with zero attached hydrogens (tertiary/aromatic N) is 2. The quantitative estimate of drug-likeness (QED) is 0.644. The lowest BCUT2D eigenvalue weighted by Crippen LogP contribution is -2.14. The molecule has 2 aromatic carbocycles. The molecule has 1 aromatic heterocycles. The smallest absolute Gasteiger partial charge is 0.258 e. The first-order valence-electron chi connectivity index (χ1n) is 8.43. The van der Waals surface area contributed by atoms with E-state index in [0.29, 0.717) is 28.8 Å². The van der Waals surface area contributed by atoms with Gasteiger partial charge in [0.25, 0.3) is 5.91 Å². The molecule has 0 saturated carbocycles. The molecule has 0 atom stereocenters. The molecule has 7 heteroatoms. The molecule has 0 unspecified atom stereocenters. The van der Waals surface area contributed by atoms with Crippen LogP contribution in [0.3, 0.4) is 0 Å². The summed E-state index contributed by atoms with van der Waals surface area (Å²) in [5.74, 6) is 1.52. The average molecular weight is 383 g/mol. The third kappa shape index (κ3) is 4.95. The van der Waals surface area contributed by atoms with Crippen molar-refractivity contribution in [2.75, 3.05) is 24.3 Å². The van der Waals surface area contributed by atoms with E-state index in [-0.39, 0.29) is 5.91 Å². The fraction of sp³-hybridized carbons (Fsp3) is 0.150. The van der Waals surface area contributed by atoms with Crippen molar-refractivity contribution in [3.8, 4) is 5.75 Å². The molecule has 1 amide bonds. The van der Waals surface area contributed by atoms with Gasteiger partial charge in [0.1, 0.15) is 11.6 Å². The van der Waals surface area contributed by atoms with Gasteiger partial charge in [0, 0.05) is 6.54 Å². The second-order valence-electron chi connectivity index (χ2n) is 5.73. The van der Waals surface area contributed by atoms with Gasteiger partial charge in [0.05, 0.1) is 17.7 Å². The Bertz CT molecular complexity index is 916. The third-order valence-electron chi connectivity index (χ3n) is 3.92. The van der Waals surface area contributed by atoms with Crippen molar-refractivity contribution in [3.63, 3.8) is 0 Å². The molecule has 0 aliphatic heterocycles.